The average molecular weight is 421 g/mol. The second-order valence-electron chi connectivity index (χ2n) is 5.63. The van der Waals surface area contributed by atoms with Gasteiger partial charge in [-0.1, -0.05) is 5.16 Å². The van der Waals surface area contributed by atoms with Gasteiger partial charge in [0, 0.05) is 24.5 Å². The molecule has 146 valence electrons. The molecule has 3 heterocycles. The molecule has 0 saturated heterocycles. The van der Waals surface area contributed by atoms with Crippen molar-refractivity contribution >= 4 is 21.4 Å². The molecule has 0 aliphatic heterocycles. The van der Waals surface area contributed by atoms with Crippen molar-refractivity contribution in [2.45, 2.75) is 24.6 Å². The van der Waals surface area contributed by atoms with Gasteiger partial charge in [0.15, 0.2) is 5.76 Å². The van der Waals surface area contributed by atoms with Gasteiger partial charge in [-0.15, -0.1) is 11.3 Å². The summed E-state index contributed by atoms with van der Waals surface area (Å²) in [7, 11) is -2.55. The maximum atomic E-state index is 12.6. The molecule has 0 N–H and O–H groups in total. The monoisotopic (exact) mass is 421 g/mol. The predicted molar refractivity (Wildman–Crippen MR) is 89.6 cm³/mol. The number of nitrogens with zero attached hydrogens (tertiary/aromatic N) is 3. The van der Waals surface area contributed by atoms with Crippen molar-refractivity contribution in [3.8, 4) is 11.5 Å². The van der Waals surface area contributed by atoms with E-state index in [0.717, 1.165) is 14.9 Å². The van der Waals surface area contributed by atoms with Crippen LogP contribution in [-0.4, -0.2) is 36.5 Å². The topological polar surface area (TPSA) is 89.4 Å². The molecule has 0 amide bonds. The van der Waals surface area contributed by atoms with Crippen molar-refractivity contribution in [1.82, 2.24) is 14.4 Å². The summed E-state index contributed by atoms with van der Waals surface area (Å²) in [6.45, 7) is 2.04. The van der Waals surface area contributed by atoms with Crippen LogP contribution in [0, 0.1) is 6.92 Å². The number of likely N-dealkylation sites (N-methyl/N-ethyl adjacent to an activating group) is 1. The van der Waals surface area contributed by atoms with E-state index in [2.05, 4.69) is 14.7 Å². The third-order valence-electron chi connectivity index (χ3n) is 3.79. The van der Waals surface area contributed by atoms with Crippen molar-refractivity contribution in [1.29, 1.82) is 0 Å². The first kappa shape index (κ1) is 19.6. The minimum absolute atomic E-state index is 0.139. The van der Waals surface area contributed by atoms with Crippen LogP contribution in [0.15, 0.2) is 37.7 Å². The van der Waals surface area contributed by atoms with Crippen LogP contribution in [0.2, 0.25) is 0 Å². The van der Waals surface area contributed by atoms with Crippen LogP contribution in [0.1, 0.15) is 16.3 Å². The molecule has 0 aliphatic carbocycles. The van der Waals surface area contributed by atoms with Gasteiger partial charge < -0.3 is 8.94 Å². The molecule has 0 bridgehead atoms. The Kier molecular flexibility index (Phi) is 5.14. The lowest BCUT2D eigenvalue weighted by atomic mass is 10.3. The normalized spacial score (nSPS) is 12.8. The van der Waals surface area contributed by atoms with Gasteiger partial charge in [-0.2, -0.15) is 17.5 Å². The highest BCUT2D eigenvalue weighted by Crippen LogP contribution is 2.33. The maximum Gasteiger partial charge on any atom is 0.452 e. The number of alkyl halides is 3. The first-order chi connectivity index (χ1) is 12.6. The van der Waals surface area contributed by atoms with Gasteiger partial charge >= 0.3 is 6.18 Å². The summed E-state index contributed by atoms with van der Waals surface area (Å²) in [5, 5.41) is 2.88. The number of hydrogen-bond acceptors (Lipinski definition) is 7. The Balaban J connectivity index is 1.76. The number of aryl methyl sites for hydroxylation is 1. The van der Waals surface area contributed by atoms with Crippen molar-refractivity contribution in [3.63, 3.8) is 0 Å². The first-order valence-electron chi connectivity index (χ1n) is 7.58. The molecule has 3 rings (SSSR count). The van der Waals surface area contributed by atoms with E-state index < -0.39 is 27.1 Å². The summed E-state index contributed by atoms with van der Waals surface area (Å²) in [4.78, 5) is 5.08. The number of thiazole rings is 1. The number of aromatic nitrogens is 2. The molecule has 12 heteroatoms. The highest BCUT2D eigenvalue weighted by Gasteiger charge is 2.36. The van der Waals surface area contributed by atoms with E-state index in [0.29, 0.717) is 12.5 Å². The highest BCUT2D eigenvalue weighted by molar-refractivity contribution is 7.89. The summed E-state index contributed by atoms with van der Waals surface area (Å²) >= 11 is 1.44. The van der Waals surface area contributed by atoms with Gasteiger partial charge in [0.25, 0.3) is 10.0 Å². The zero-order chi connectivity index (χ0) is 19.8. The summed E-state index contributed by atoms with van der Waals surface area (Å²) < 4.78 is 73.4. The molecule has 0 radical (unpaired) electrons. The third-order valence-corrected chi connectivity index (χ3v) is 6.51. The van der Waals surface area contributed by atoms with Crippen molar-refractivity contribution < 1.29 is 30.5 Å². The van der Waals surface area contributed by atoms with Crippen LogP contribution in [0.4, 0.5) is 13.2 Å². The van der Waals surface area contributed by atoms with Crippen LogP contribution in [0.25, 0.3) is 11.5 Å². The Morgan fingerprint density at radius 3 is 2.63 bits per heavy atom. The van der Waals surface area contributed by atoms with Gasteiger partial charge in [0.2, 0.25) is 10.9 Å². The Morgan fingerprint density at radius 1 is 1.30 bits per heavy atom. The van der Waals surface area contributed by atoms with Gasteiger partial charge in [0.1, 0.15) is 5.69 Å². The van der Waals surface area contributed by atoms with E-state index in [1.54, 1.807) is 5.51 Å². The SMILES string of the molecule is Cc1ncsc1CCN(C)S(=O)(=O)c1ccc(-c2cc(C(F)(F)F)on2)o1. The molecule has 3 aromatic rings. The lowest BCUT2D eigenvalue weighted by molar-refractivity contribution is -0.155. The Labute approximate surface area is 156 Å². The van der Waals surface area contributed by atoms with Crippen molar-refractivity contribution in [3.05, 3.63) is 40.0 Å². The number of rotatable bonds is 6. The number of halogens is 3. The fraction of sp³-hybridized carbons (Fsp3) is 0.333. The molecule has 0 atom stereocenters. The summed E-state index contributed by atoms with van der Waals surface area (Å²) in [6.07, 6.45) is -4.21. The fourth-order valence-corrected chi connectivity index (χ4v) is 4.06. The number of furan rings is 1. The molecule has 0 saturated carbocycles. The minimum Gasteiger partial charge on any atom is -0.441 e. The maximum absolute atomic E-state index is 12.6. The smallest absolute Gasteiger partial charge is 0.441 e. The van der Waals surface area contributed by atoms with Crippen molar-refractivity contribution in [2.75, 3.05) is 13.6 Å². The fourth-order valence-electron chi connectivity index (χ4n) is 2.22. The summed E-state index contributed by atoms with van der Waals surface area (Å²) in [5.41, 5.74) is 2.29. The predicted octanol–water partition coefficient (Wildman–Crippen LogP) is 3.58. The molecular formula is C15H14F3N3O4S2. The molecule has 27 heavy (non-hydrogen) atoms. The van der Waals surface area contributed by atoms with Crippen LogP contribution >= 0.6 is 11.3 Å². The standard InChI is InChI=1S/C15H14F3N3O4S2/c1-9-12(26-8-19-9)5-6-21(2)27(22,23)14-4-3-11(24-14)10-7-13(25-20-10)15(16,17)18/h3-4,7-8H,5-6H2,1-2H3. The van der Waals surface area contributed by atoms with Gasteiger partial charge in [0.05, 0.1) is 11.2 Å². The van der Waals surface area contributed by atoms with Gasteiger partial charge in [-0.3, -0.25) is 0 Å². The molecule has 0 fully saturated rings. The van der Waals surface area contributed by atoms with Crippen LogP contribution in [-0.2, 0) is 22.6 Å². The second kappa shape index (κ2) is 7.09. The second-order valence-corrected chi connectivity index (χ2v) is 8.55. The average Bonchev–Trinajstić information content (AvgIpc) is 3.31. The molecule has 0 spiro atoms. The molecule has 7 nitrogen and oxygen atoms in total. The van der Waals surface area contributed by atoms with Crippen LogP contribution in [0.5, 0.6) is 0 Å². The Hall–Kier alpha value is -2.18. The zero-order valence-corrected chi connectivity index (χ0v) is 15.8. The molecule has 0 aliphatic rings. The molecule has 3 aromatic heterocycles. The van der Waals surface area contributed by atoms with Gasteiger partial charge in [-0.05, 0) is 25.5 Å². The van der Waals surface area contributed by atoms with Crippen LogP contribution in [0.3, 0.4) is 0 Å². The van der Waals surface area contributed by atoms with E-state index >= 15 is 0 Å². The van der Waals surface area contributed by atoms with Crippen molar-refractivity contribution in [2.24, 2.45) is 0 Å². The van der Waals surface area contributed by atoms with E-state index in [-0.39, 0.29) is 18.0 Å². The van der Waals surface area contributed by atoms with E-state index in [4.69, 9.17) is 4.42 Å². The Bertz CT molecular complexity index is 1040. The zero-order valence-electron chi connectivity index (χ0n) is 14.1. The number of hydrogen-bond donors (Lipinski definition) is 0. The summed E-state index contributed by atoms with van der Waals surface area (Å²) in [6, 6.07) is 3.04. The van der Waals surface area contributed by atoms with E-state index in [1.807, 2.05) is 6.92 Å². The lowest BCUT2D eigenvalue weighted by Gasteiger charge is -2.14. The van der Waals surface area contributed by atoms with Gasteiger partial charge in [-0.25, -0.2) is 13.4 Å². The van der Waals surface area contributed by atoms with Crippen LogP contribution < -0.4 is 0 Å². The van der Waals surface area contributed by atoms with E-state index in [1.165, 1.54) is 30.5 Å². The molecule has 0 aromatic carbocycles. The highest BCUT2D eigenvalue weighted by atomic mass is 32.2. The Morgan fingerprint density at radius 2 is 2.04 bits per heavy atom. The minimum atomic E-state index is -4.69. The third kappa shape index (κ3) is 4.06. The molecular weight excluding hydrogens is 407 g/mol. The van der Waals surface area contributed by atoms with E-state index in [9.17, 15) is 21.6 Å². The largest absolute Gasteiger partial charge is 0.452 e. The quantitative estimate of drug-likeness (QED) is 0.604. The molecule has 0 unspecified atom stereocenters. The first-order valence-corrected chi connectivity index (χ1v) is 9.90. The number of sulfonamides is 1. The summed E-state index contributed by atoms with van der Waals surface area (Å²) in [5.74, 6) is -1.44. The lowest BCUT2D eigenvalue weighted by Crippen LogP contribution is -2.28.